The van der Waals surface area contributed by atoms with Gasteiger partial charge in [-0.2, -0.15) is 0 Å². The van der Waals surface area contributed by atoms with E-state index in [-0.39, 0.29) is 24.7 Å². The van der Waals surface area contributed by atoms with E-state index in [0.717, 1.165) is 0 Å². The third-order valence-electron chi connectivity index (χ3n) is 4.83. The predicted octanol–water partition coefficient (Wildman–Crippen LogP) is 5.63. The normalized spacial score (nSPS) is 21.0. The van der Waals surface area contributed by atoms with Crippen LogP contribution in [-0.4, -0.2) is 25.3 Å². The van der Waals surface area contributed by atoms with E-state index in [4.69, 9.17) is 20.6 Å². The highest BCUT2D eigenvalue weighted by Gasteiger charge is 2.61. The molecule has 0 bridgehead atoms. The number of hydrogen-bond acceptors (Lipinski definition) is 5. The largest absolute Gasteiger partial charge is 0.363 e. The number of aliphatic imine (C=N–C) groups is 1. The summed E-state index contributed by atoms with van der Waals surface area (Å²) in [5.41, 5.74) is 0.879. The molecule has 1 N–H and O–H groups in total. The van der Waals surface area contributed by atoms with Gasteiger partial charge < -0.3 is 14.4 Å². The van der Waals surface area contributed by atoms with E-state index < -0.39 is 30.5 Å². The van der Waals surface area contributed by atoms with Gasteiger partial charge in [-0.1, -0.05) is 41.9 Å². The SMILES string of the molecule is CCOP(=O)(OCC)C1(c2ccccc2)N=CCC1C(=O)Nc1ccc(F)c(Cl)c1. The number of rotatable bonds is 8. The number of hydrogen-bond donors (Lipinski definition) is 1. The van der Waals surface area contributed by atoms with E-state index in [1.165, 1.54) is 18.2 Å². The fraction of sp³-hybridized carbons (Fsp3) is 0.333. The maximum absolute atomic E-state index is 14.0. The Hall–Kier alpha value is -2.05. The highest BCUT2D eigenvalue weighted by molar-refractivity contribution is 7.55. The molecular weight excluding hydrogens is 430 g/mol. The zero-order valence-corrected chi connectivity index (χ0v) is 18.3. The van der Waals surface area contributed by atoms with Crippen molar-refractivity contribution >= 4 is 37.0 Å². The minimum atomic E-state index is -3.90. The molecule has 1 heterocycles. The first kappa shape index (κ1) is 22.6. The highest BCUT2D eigenvalue weighted by atomic mass is 35.5. The Kier molecular flexibility index (Phi) is 7.09. The van der Waals surface area contributed by atoms with E-state index in [2.05, 4.69) is 10.3 Å². The third-order valence-corrected chi connectivity index (χ3v) is 7.84. The van der Waals surface area contributed by atoms with Crippen molar-refractivity contribution in [1.29, 1.82) is 0 Å². The average molecular weight is 453 g/mol. The smallest absolute Gasteiger partial charge is 0.326 e. The first-order chi connectivity index (χ1) is 14.4. The minimum Gasteiger partial charge on any atom is -0.326 e. The van der Waals surface area contributed by atoms with E-state index >= 15 is 0 Å². The minimum absolute atomic E-state index is 0.112. The van der Waals surface area contributed by atoms with Crippen molar-refractivity contribution in [1.82, 2.24) is 0 Å². The van der Waals surface area contributed by atoms with Gasteiger partial charge in [0, 0.05) is 11.9 Å². The summed E-state index contributed by atoms with van der Waals surface area (Å²) in [5, 5.41) is 1.08. The molecule has 2 atom stereocenters. The second-order valence-electron chi connectivity index (χ2n) is 6.64. The number of benzene rings is 2. The van der Waals surface area contributed by atoms with Crippen LogP contribution in [0.4, 0.5) is 10.1 Å². The maximum Gasteiger partial charge on any atom is 0.363 e. The van der Waals surface area contributed by atoms with Crippen molar-refractivity contribution < 1.29 is 22.8 Å². The van der Waals surface area contributed by atoms with E-state index in [9.17, 15) is 13.8 Å². The van der Waals surface area contributed by atoms with Crippen LogP contribution in [0.3, 0.4) is 0 Å². The highest BCUT2D eigenvalue weighted by Crippen LogP contribution is 2.70. The average Bonchev–Trinajstić information content (AvgIpc) is 3.19. The quantitative estimate of drug-likeness (QED) is 0.527. The first-order valence-electron chi connectivity index (χ1n) is 9.62. The number of amides is 1. The van der Waals surface area contributed by atoms with Crippen molar-refractivity contribution in [2.45, 2.75) is 25.5 Å². The van der Waals surface area contributed by atoms with Crippen LogP contribution in [-0.2, 0) is 23.7 Å². The molecule has 1 aliphatic heterocycles. The van der Waals surface area contributed by atoms with Crippen LogP contribution in [0, 0.1) is 11.7 Å². The molecule has 0 spiro atoms. The fourth-order valence-electron chi connectivity index (χ4n) is 3.60. The van der Waals surface area contributed by atoms with Crippen LogP contribution in [0.2, 0.25) is 5.02 Å². The molecule has 30 heavy (non-hydrogen) atoms. The zero-order valence-electron chi connectivity index (χ0n) is 16.7. The van der Waals surface area contributed by atoms with Gasteiger partial charge in [0.1, 0.15) is 5.82 Å². The van der Waals surface area contributed by atoms with Crippen molar-refractivity contribution in [2.24, 2.45) is 10.9 Å². The second-order valence-corrected chi connectivity index (χ2v) is 9.24. The number of carbonyl (C=O) groups is 1. The molecule has 2 unspecified atom stereocenters. The Balaban J connectivity index is 2.06. The number of halogens is 2. The molecule has 0 saturated carbocycles. The van der Waals surface area contributed by atoms with Crippen LogP contribution in [0.1, 0.15) is 25.8 Å². The lowest BCUT2D eigenvalue weighted by atomic mass is 9.91. The molecule has 1 amide bonds. The summed E-state index contributed by atoms with van der Waals surface area (Å²) in [6.45, 7) is 3.67. The predicted molar refractivity (Wildman–Crippen MR) is 116 cm³/mol. The standard InChI is InChI=1S/C21H23ClFN2O4P/c1-3-28-30(27,29-4-2)21(15-8-6-5-7-9-15)17(12-13-24-21)20(26)25-16-10-11-19(23)18(22)14-16/h5-11,13-14,17H,3-4,12H2,1-2H3,(H,25,26). The van der Waals surface area contributed by atoms with Crippen molar-refractivity contribution in [3.05, 3.63) is 64.9 Å². The Morgan fingerprint density at radius 1 is 1.23 bits per heavy atom. The lowest BCUT2D eigenvalue weighted by molar-refractivity contribution is -0.120. The summed E-state index contributed by atoms with van der Waals surface area (Å²) in [4.78, 5) is 17.8. The van der Waals surface area contributed by atoms with Gasteiger partial charge in [0.25, 0.3) is 0 Å². The molecule has 2 aromatic rings. The summed E-state index contributed by atoms with van der Waals surface area (Å²) in [6.07, 6.45) is 1.80. The second kappa shape index (κ2) is 9.40. The van der Waals surface area contributed by atoms with Crippen molar-refractivity contribution in [3.63, 3.8) is 0 Å². The summed E-state index contributed by atoms with van der Waals surface area (Å²) in [6, 6.07) is 12.8. The lowest BCUT2D eigenvalue weighted by Crippen LogP contribution is -2.39. The fourth-order valence-corrected chi connectivity index (χ4v) is 6.22. The Morgan fingerprint density at radius 2 is 1.90 bits per heavy atom. The van der Waals surface area contributed by atoms with Gasteiger partial charge in [0.15, 0.2) is 5.28 Å². The van der Waals surface area contributed by atoms with Crippen molar-refractivity contribution in [2.75, 3.05) is 18.5 Å². The summed E-state index contributed by atoms with van der Waals surface area (Å²) >= 11 is 5.83. The molecule has 9 heteroatoms. The number of carbonyl (C=O) groups excluding carboxylic acids is 1. The Labute approximate surface area is 180 Å². The Bertz CT molecular complexity index is 978. The number of nitrogens with one attached hydrogen (secondary N) is 1. The number of anilines is 1. The molecule has 160 valence electrons. The van der Waals surface area contributed by atoms with Crippen LogP contribution < -0.4 is 5.32 Å². The molecule has 0 radical (unpaired) electrons. The first-order valence-corrected chi connectivity index (χ1v) is 11.5. The van der Waals surface area contributed by atoms with E-state index in [1.807, 2.05) is 6.07 Å². The summed E-state index contributed by atoms with van der Waals surface area (Å²) in [7, 11) is -3.90. The lowest BCUT2D eigenvalue weighted by Gasteiger charge is -2.38. The van der Waals surface area contributed by atoms with Gasteiger partial charge >= 0.3 is 7.60 Å². The molecule has 0 fully saturated rings. The molecular formula is C21H23ClFN2O4P. The molecule has 1 aliphatic rings. The van der Waals surface area contributed by atoms with E-state index in [1.54, 1.807) is 44.3 Å². The van der Waals surface area contributed by atoms with Gasteiger partial charge in [0.05, 0.1) is 24.2 Å². The van der Waals surface area contributed by atoms with Crippen LogP contribution in [0.5, 0.6) is 0 Å². The van der Waals surface area contributed by atoms with Crippen LogP contribution in [0.15, 0.2) is 53.5 Å². The van der Waals surface area contributed by atoms with E-state index in [0.29, 0.717) is 11.3 Å². The molecule has 2 aromatic carbocycles. The van der Waals surface area contributed by atoms with Crippen LogP contribution >= 0.6 is 19.2 Å². The zero-order chi connectivity index (χ0) is 21.8. The third kappa shape index (κ3) is 4.08. The van der Waals surface area contributed by atoms with Crippen LogP contribution in [0.25, 0.3) is 0 Å². The van der Waals surface area contributed by atoms with Crippen molar-refractivity contribution in [3.8, 4) is 0 Å². The monoisotopic (exact) mass is 452 g/mol. The molecule has 3 rings (SSSR count). The topological polar surface area (TPSA) is 77.0 Å². The number of nitrogens with zero attached hydrogens (tertiary/aromatic N) is 1. The maximum atomic E-state index is 14.0. The van der Waals surface area contributed by atoms with Gasteiger partial charge in [-0.3, -0.25) is 14.4 Å². The molecule has 0 aliphatic carbocycles. The van der Waals surface area contributed by atoms with Gasteiger partial charge in [0.2, 0.25) is 5.91 Å². The van der Waals surface area contributed by atoms with Gasteiger partial charge in [-0.05, 0) is 44.0 Å². The summed E-state index contributed by atoms with van der Waals surface area (Å²) < 4.78 is 38.8. The van der Waals surface area contributed by atoms with Gasteiger partial charge in [-0.15, -0.1) is 0 Å². The van der Waals surface area contributed by atoms with Gasteiger partial charge in [-0.25, -0.2) is 4.39 Å². The Morgan fingerprint density at radius 3 is 2.50 bits per heavy atom. The molecule has 6 nitrogen and oxygen atoms in total. The summed E-state index contributed by atoms with van der Waals surface area (Å²) in [5.74, 6) is -1.90. The molecule has 0 aromatic heterocycles. The molecule has 0 saturated heterocycles.